The lowest BCUT2D eigenvalue weighted by Crippen LogP contribution is -2.26. The van der Waals surface area contributed by atoms with Gasteiger partial charge in [0, 0.05) is 5.56 Å². The highest BCUT2D eigenvalue weighted by Gasteiger charge is 2.13. The van der Waals surface area contributed by atoms with Crippen LogP contribution in [0.3, 0.4) is 0 Å². The molecule has 6 nitrogen and oxygen atoms in total. The molecule has 0 spiro atoms. The van der Waals surface area contributed by atoms with Crippen LogP contribution in [0.1, 0.15) is 42.1 Å². The third kappa shape index (κ3) is 4.34. The molecule has 1 aromatic heterocycles. The number of nitrogens with zero attached hydrogens (tertiary/aromatic N) is 2. The predicted molar refractivity (Wildman–Crippen MR) is 106 cm³/mol. The third-order valence-electron chi connectivity index (χ3n) is 4.81. The maximum Gasteiger partial charge on any atom is 0.326 e. The Morgan fingerprint density at radius 1 is 1.11 bits per heavy atom. The Morgan fingerprint density at radius 3 is 2.54 bits per heavy atom. The summed E-state index contributed by atoms with van der Waals surface area (Å²) in [5.41, 5.74) is 1.89. The number of esters is 1. The monoisotopic (exact) mass is 378 g/mol. The van der Waals surface area contributed by atoms with Crippen LogP contribution in [0.5, 0.6) is 0 Å². The van der Waals surface area contributed by atoms with Crippen molar-refractivity contribution in [2.24, 2.45) is 0 Å². The molecule has 0 aliphatic carbocycles. The Kier molecular flexibility index (Phi) is 5.99. The SMILES string of the molecule is CC[C@H](C)c1ccc(C(=O)COC(=O)Cn2cnc3ccccc3c2=O)cc1. The quantitative estimate of drug-likeness (QED) is 0.465. The number of ketones is 1. The Hall–Kier alpha value is -3.28. The lowest BCUT2D eigenvalue weighted by Gasteiger charge is -2.10. The van der Waals surface area contributed by atoms with E-state index in [0.717, 1.165) is 6.42 Å². The molecule has 3 aromatic rings. The largest absolute Gasteiger partial charge is 0.456 e. The fourth-order valence-corrected chi connectivity index (χ4v) is 2.87. The van der Waals surface area contributed by atoms with Gasteiger partial charge in [-0.2, -0.15) is 0 Å². The number of Topliss-reactive ketones (excluding diaryl/α,β-unsaturated/α-hetero) is 1. The van der Waals surface area contributed by atoms with E-state index in [-0.39, 0.29) is 24.5 Å². The van der Waals surface area contributed by atoms with Crippen LogP contribution in [0.15, 0.2) is 59.7 Å². The van der Waals surface area contributed by atoms with Crippen molar-refractivity contribution in [3.8, 4) is 0 Å². The van der Waals surface area contributed by atoms with Crippen molar-refractivity contribution in [2.45, 2.75) is 32.7 Å². The van der Waals surface area contributed by atoms with E-state index >= 15 is 0 Å². The van der Waals surface area contributed by atoms with Gasteiger partial charge in [-0.3, -0.25) is 19.0 Å². The molecule has 0 N–H and O–H groups in total. The van der Waals surface area contributed by atoms with Gasteiger partial charge in [0.25, 0.3) is 5.56 Å². The number of fused-ring (bicyclic) bond motifs is 1. The van der Waals surface area contributed by atoms with Gasteiger partial charge < -0.3 is 4.74 Å². The lowest BCUT2D eigenvalue weighted by atomic mass is 9.97. The van der Waals surface area contributed by atoms with E-state index in [9.17, 15) is 14.4 Å². The smallest absolute Gasteiger partial charge is 0.326 e. The highest BCUT2D eigenvalue weighted by molar-refractivity contribution is 5.98. The van der Waals surface area contributed by atoms with Crippen molar-refractivity contribution in [3.63, 3.8) is 0 Å². The van der Waals surface area contributed by atoms with Crippen molar-refractivity contribution in [1.29, 1.82) is 0 Å². The van der Waals surface area contributed by atoms with Crippen LogP contribution in [0.2, 0.25) is 0 Å². The number of benzene rings is 2. The molecule has 0 aliphatic heterocycles. The topological polar surface area (TPSA) is 78.3 Å². The molecule has 0 saturated heterocycles. The van der Waals surface area contributed by atoms with Crippen LogP contribution >= 0.6 is 0 Å². The summed E-state index contributed by atoms with van der Waals surface area (Å²) in [4.78, 5) is 40.8. The first-order valence-electron chi connectivity index (χ1n) is 9.22. The van der Waals surface area contributed by atoms with Crippen molar-refractivity contribution >= 4 is 22.7 Å². The van der Waals surface area contributed by atoms with Crippen molar-refractivity contribution in [3.05, 3.63) is 76.3 Å². The van der Waals surface area contributed by atoms with E-state index in [4.69, 9.17) is 4.74 Å². The number of carbonyl (C=O) groups is 2. The molecular formula is C22H22N2O4. The standard InChI is InChI=1S/C22H22N2O4/c1-3-15(2)16-8-10-17(11-9-16)20(25)13-28-21(26)12-24-14-23-19-7-5-4-6-18(19)22(24)27/h4-11,14-15H,3,12-13H2,1-2H3/t15-/m0/s1. The zero-order valence-electron chi connectivity index (χ0n) is 15.9. The average molecular weight is 378 g/mol. The number of carbonyl (C=O) groups excluding carboxylic acids is 2. The summed E-state index contributed by atoms with van der Waals surface area (Å²) in [5.74, 6) is -0.521. The van der Waals surface area contributed by atoms with Crippen LogP contribution < -0.4 is 5.56 Å². The molecule has 1 atom stereocenters. The Bertz CT molecular complexity index is 1050. The van der Waals surface area contributed by atoms with Crippen LogP contribution in [0, 0.1) is 0 Å². The molecule has 0 saturated carbocycles. The number of hydrogen-bond donors (Lipinski definition) is 0. The van der Waals surface area contributed by atoms with Crippen molar-refractivity contribution in [2.75, 3.05) is 6.61 Å². The molecule has 0 unspecified atom stereocenters. The fourth-order valence-electron chi connectivity index (χ4n) is 2.87. The maximum atomic E-state index is 12.4. The van der Waals surface area contributed by atoms with E-state index in [0.29, 0.717) is 22.4 Å². The molecule has 28 heavy (non-hydrogen) atoms. The van der Waals surface area contributed by atoms with Crippen molar-refractivity contribution < 1.29 is 14.3 Å². The molecule has 0 amide bonds. The van der Waals surface area contributed by atoms with Crippen molar-refractivity contribution in [1.82, 2.24) is 9.55 Å². The zero-order chi connectivity index (χ0) is 20.1. The second-order valence-electron chi connectivity index (χ2n) is 6.71. The fraction of sp³-hybridized carbons (Fsp3) is 0.273. The van der Waals surface area contributed by atoms with Gasteiger partial charge in [-0.1, -0.05) is 50.2 Å². The minimum absolute atomic E-state index is 0.284. The molecule has 3 rings (SSSR count). The summed E-state index contributed by atoms with van der Waals surface area (Å²) < 4.78 is 6.23. The predicted octanol–water partition coefficient (Wildman–Crippen LogP) is 3.34. The van der Waals surface area contributed by atoms with Gasteiger partial charge in [0.05, 0.1) is 17.2 Å². The number of aromatic nitrogens is 2. The zero-order valence-corrected chi connectivity index (χ0v) is 15.9. The average Bonchev–Trinajstić information content (AvgIpc) is 2.73. The Labute approximate surface area is 162 Å². The van der Waals surface area contributed by atoms with Crippen LogP contribution in [-0.2, 0) is 16.1 Å². The molecule has 0 bridgehead atoms. The van der Waals surface area contributed by atoms with Crippen LogP contribution in [0.25, 0.3) is 10.9 Å². The summed E-state index contributed by atoms with van der Waals surface area (Å²) >= 11 is 0. The molecule has 0 radical (unpaired) electrons. The number of ether oxygens (including phenoxy) is 1. The van der Waals surface area contributed by atoms with Crippen LogP contribution in [0.4, 0.5) is 0 Å². The summed E-state index contributed by atoms with van der Waals surface area (Å²) in [6.45, 7) is 3.58. The van der Waals surface area contributed by atoms with E-state index in [1.54, 1.807) is 36.4 Å². The van der Waals surface area contributed by atoms with E-state index < -0.39 is 5.97 Å². The summed E-state index contributed by atoms with van der Waals surface area (Å²) in [6, 6.07) is 14.2. The van der Waals surface area contributed by atoms with Gasteiger partial charge in [-0.15, -0.1) is 0 Å². The van der Waals surface area contributed by atoms with Gasteiger partial charge >= 0.3 is 5.97 Å². The molecule has 6 heteroatoms. The van der Waals surface area contributed by atoms with Gasteiger partial charge in [0.1, 0.15) is 6.54 Å². The molecule has 0 aliphatic rings. The highest BCUT2D eigenvalue weighted by Crippen LogP contribution is 2.19. The second kappa shape index (κ2) is 8.61. The molecule has 1 heterocycles. The van der Waals surface area contributed by atoms with Crippen LogP contribution in [-0.4, -0.2) is 27.9 Å². The summed E-state index contributed by atoms with van der Waals surface area (Å²) in [7, 11) is 0. The van der Waals surface area contributed by atoms with Gasteiger partial charge in [0.15, 0.2) is 12.4 Å². The first-order valence-corrected chi connectivity index (χ1v) is 9.22. The van der Waals surface area contributed by atoms with Gasteiger partial charge in [-0.25, -0.2) is 4.98 Å². The van der Waals surface area contributed by atoms with E-state index in [1.165, 1.54) is 16.5 Å². The minimum atomic E-state index is -0.663. The van der Waals surface area contributed by atoms with E-state index in [2.05, 4.69) is 18.8 Å². The third-order valence-corrected chi connectivity index (χ3v) is 4.81. The maximum absolute atomic E-state index is 12.4. The Morgan fingerprint density at radius 2 is 1.82 bits per heavy atom. The molecule has 0 fully saturated rings. The number of hydrogen-bond acceptors (Lipinski definition) is 5. The second-order valence-corrected chi connectivity index (χ2v) is 6.71. The summed E-state index contributed by atoms with van der Waals surface area (Å²) in [6.07, 6.45) is 2.33. The van der Waals surface area contributed by atoms with E-state index in [1.807, 2.05) is 12.1 Å². The Balaban J connectivity index is 1.60. The first-order chi connectivity index (χ1) is 13.5. The number of rotatable bonds is 7. The number of para-hydroxylation sites is 1. The highest BCUT2D eigenvalue weighted by atomic mass is 16.5. The molecule has 2 aromatic carbocycles. The first kappa shape index (κ1) is 19.5. The van der Waals surface area contributed by atoms with Gasteiger partial charge in [0.2, 0.25) is 0 Å². The minimum Gasteiger partial charge on any atom is -0.456 e. The molecule has 144 valence electrons. The summed E-state index contributed by atoms with van der Waals surface area (Å²) in [5, 5.41) is 0.426. The molecular weight excluding hydrogens is 356 g/mol. The van der Waals surface area contributed by atoms with Gasteiger partial charge in [-0.05, 0) is 30.0 Å². The lowest BCUT2D eigenvalue weighted by molar-refractivity contribution is -0.143. The normalized spacial score (nSPS) is 11.9.